The molecular formula is C12H17BrO. The molecule has 2 heteroatoms. The van der Waals surface area contributed by atoms with E-state index >= 15 is 0 Å². The summed E-state index contributed by atoms with van der Waals surface area (Å²) in [6, 6.07) is 8.35. The predicted molar refractivity (Wildman–Crippen MR) is 63.3 cm³/mol. The van der Waals surface area contributed by atoms with Crippen molar-refractivity contribution in [3.8, 4) is 0 Å². The van der Waals surface area contributed by atoms with Crippen LogP contribution < -0.4 is 0 Å². The van der Waals surface area contributed by atoms with Crippen molar-refractivity contribution in [1.29, 1.82) is 0 Å². The fourth-order valence-electron chi connectivity index (χ4n) is 1.51. The van der Waals surface area contributed by atoms with Crippen LogP contribution in [0.2, 0.25) is 0 Å². The van der Waals surface area contributed by atoms with Crippen LogP contribution in [0.4, 0.5) is 0 Å². The molecule has 0 N–H and O–H groups in total. The molecule has 0 aliphatic heterocycles. The molecule has 0 aliphatic carbocycles. The number of benzene rings is 1. The molecular weight excluding hydrogens is 240 g/mol. The molecule has 1 rings (SSSR count). The molecule has 0 unspecified atom stereocenters. The minimum Gasteiger partial charge on any atom is -0.374 e. The maximum atomic E-state index is 5.71. The Hall–Kier alpha value is -0.340. The van der Waals surface area contributed by atoms with E-state index < -0.39 is 0 Å². The summed E-state index contributed by atoms with van der Waals surface area (Å²) in [5.41, 5.74) is 1.25. The second kappa shape index (κ2) is 5.52. The topological polar surface area (TPSA) is 9.23 Å². The van der Waals surface area contributed by atoms with E-state index in [-0.39, 0.29) is 6.10 Å². The molecule has 0 fully saturated rings. The van der Waals surface area contributed by atoms with Crippen molar-refractivity contribution in [3.63, 3.8) is 0 Å². The van der Waals surface area contributed by atoms with Gasteiger partial charge in [0.2, 0.25) is 0 Å². The summed E-state index contributed by atoms with van der Waals surface area (Å²) in [5.74, 6) is 0.510. The Bertz CT molecular complexity index is 266. The van der Waals surface area contributed by atoms with E-state index in [1.54, 1.807) is 0 Å². The molecule has 1 aromatic carbocycles. The predicted octanol–water partition coefficient (Wildman–Crippen LogP) is 4.18. The lowest BCUT2D eigenvalue weighted by Crippen LogP contribution is -2.10. The highest BCUT2D eigenvalue weighted by molar-refractivity contribution is 9.10. The van der Waals surface area contributed by atoms with Gasteiger partial charge in [-0.05, 0) is 30.5 Å². The van der Waals surface area contributed by atoms with Crippen LogP contribution in [0.15, 0.2) is 28.7 Å². The zero-order valence-electron chi connectivity index (χ0n) is 8.96. The highest BCUT2D eigenvalue weighted by Crippen LogP contribution is 2.26. The van der Waals surface area contributed by atoms with Crippen LogP contribution in [0.1, 0.15) is 32.4 Å². The lowest BCUT2D eigenvalue weighted by molar-refractivity contribution is 0.0294. The van der Waals surface area contributed by atoms with Crippen LogP contribution in [-0.2, 0) is 4.74 Å². The van der Waals surface area contributed by atoms with Gasteiger partial charge in [0.25, 0.3) is 0 Å². The van der Waals surface area contributed by atoms with E-state index in [0.717, 1.165) is 11.1 Å². The molecule has 0 spiro atoms. The highest BCUT2D eigenvalue weighted by atomic mass is 79.9. The summed E-state index contributed by atoms with van der Waals surface area (Å²) in [5, 5.41) is 0. The Morgan fingerprint density at radius 1 is 1.21 bits per heavy atom. The molecule has 0 aromatic heterocycles. The zero-order valence-corrected chi connectivity index (χ0v) is 10.5. The number of hydrogen-bond donors (Lipinski definition) is 0. The van der Waals surface area contributed by atoms with Crippen molar-refractivity contribution >= 4 is 15.9 Å². The van der Waals surface area contributed by atoms with Crippen molar-refractivity contribution in [2.45, 2.75) is 26.9 Å². The zero-order chi connectivity index (χ0) is 10.6. The number of ether oxygens (including phenoxy) is 1. The van der Waals surface area contributed by atoms with Crippen molar-refractivity contribution < 1.29 is 4.74 Å². The standard InChI is InChI=1S/C12H17BrO/c1-4-14-12(9(2)3)10-5-7-11(13)8-6-10/h5-9,12H,4H2,1-3H3/t12-/m0/s1. The van der Waals surface area contributed by atoms with Gasteiger partial charge >= 0.3 is 0 Å². The van der Waals surface area contributed by atoms with Crippen molar-refractivity contribution in [2.24, 2.45) is 5.92 Å². The van der Waals surface area contributed by atoms with Crippen LogP contribution >= 0.6 is 15.9 Å². The van der Waals surface area contributed by atoms with Gasteiger partial charge in [-0.25, -0.2) is 0 Å². The van der Waals surface area contributed by atoms with E-state index in [4.69, 9.17) is 4.74 Å². The van der Waals surface area contributed by atoms with Crippen LogP contribution in [0.25, 0.3) is 0 Å². The largest absolute Gasteiger partial charge is 0.374 e. The van der Waals surface area contributed by atoms with Crippen LogP contribution in [0.3, 0.4) is 0 Å². The first-order valence-corrected chi connectivity index (χ1v) is 5.81. The monoisotopic (exact) mass is 256 g/mol. The number of hydrogen-bond acceptors (Lipinski definition) is 1. The fraction of sp³-hybridized carbons (Fsp3) is 0.500. The van der Waals surface area contributed by atoms with Crippen molar-refractivity contribution in [2.75, 3.05) is 6.61 Å². The van der Waals surface area contributed by atoms with Gasteiger partial charge in [-0.15, -0.1) is 0 Å². The summed E-state index contributed by atoms with van der Waals surface area (Å²) in [4.78, 5) is 0. The lowest BCUT2D eigenvalue weighted by Gasteiger charge is -2.21. The minimum absolute atomic E-state index is 0.216. The number of halogens is 1. The Morgan fingerprint density at radius 2 is 1.79 bits per heavy atom. The molecule has 0 saturated carbocycles. The summed E-state index contributed by atoms with van der Waals surface area (Å²) in [6.07, 6.45) is 0.216. The fourth-order valence-corrected chi connectivity index (χ4v) is 1.77. The molecule has 0 saturated heterocycles. The van der Waals surface area contributed by atoms with Gasteiger partial charge in [0, 0.05) is 11.1 Å². The average molecular weight is 257 g/mol. The third kappa shape index (κ3) is 3.10. The van der Waals surface area contributed by atoms with Gasteiger partial charge in [0.15, 0.2) is 0 Å². The van der Waals surface area contributed by atoms with Crippen LogP contribution in [0, 0.1) is 5.92 Å². The Kier molecular flexibility index (Phi) is 4.63. The van der Waals surface area contributed by atoms with Gasteiger partial charge in [-0.2, -0.15) is 0 Å². The van der Waals surface area contributed by atoms with Gasteiger partial charge in [0.05, 0.1) is 6.10 Å². The minimum atomic E-state index is 0.216. The third-order valence-corrected chi connectivity index (χ3v) is 2.68. The molecule has 78 valence electrons. The van der Waals surface area contributed by atoms with E-state index in [1.807, 2.05) is 6.92 Å². The molecule has 1 nitrogen and oxygen atoms in total. The summed E-state index contributed by atoms with van der Waals surface area (Å²) in [6.45, 7) is 7.16. The number of rotatable bonds is 4. The van der Waals surface area contributed by atoms with E-state index in [0.29, 0.717) is 5.92 Å². The van der Waals surface area contributed by atoms with Crippen LogP contribution in [0.5, 0.6) is 0 Å². The SMILES string of the molecule is CCO[C@H](c1ccc(Br)cc1)C(C)C. The Labute approximate surface area is 94.6 Å². The Morgan fingerprint density at radius 3 is 2.21 bits per heavy atom. The molecule has 1 atom stereocenters. The summed E-state index contributed by atoms with van der Waals surface area (Å²) in [7, 11) is 0. The van der Waals surface area contributed by atoms with Gasteiger partial charge in [0.1, 0.15) is 0 Å². The van der Waals surface area contributed by atoms with Gasteiger partial charge in [-0.1, -0.05) is 41.9 Å². The molecule has 0 bridgehead atoms. The summed E-state index contributed by atoms with van der Waals surface area (Å²) < 4.78 is 6.83. The maximum absolute atomic E-state index is 5.71. The molecule has 1 aromatic rings. The second-order valence-corrected chi connectivity index (χ2v) is 4.59. The molecule has 0 radical (unpaired) electrons. The van der Waals surface area contributed by atoms with E-state index in [1.165, 1.54) is 5.56 Å². The smallest absolute Gasteiger partial charge is 0.0847 e. The lowest BCUT2D eigenvalue weighted by atomic mass is 9.99. The first-order valence-electron chi connectivity index (χ1n) is 5.02. The molecule has 0 amide bonds. The average Bonchev–Trinajstić information content (AvgIpc) is 2.15. The second-order valence-electron chi connectivity index (χ2n) is 3.67. The Balaban J connectivity index is 2.82. The molecule has 14 heavy (non-hydrogen) atoms. The van der Waals surface area contributed by atoms with Gasteiger partial charge in [-0.3, -0.25) is 0 Å². The first-order chi connectivity index (χ1) is 6.65. The van der Waals surface area contributed by atoms with Crippen LogP contribution in [-0.4, -0.2) is 6.61 Å². The van der Waals surface area contributed by atoms with Crippen molar-refractivity contribution in [3.05, 3.63) is 34.3 Å². The van der Waals surface area contributed by atoms with Crippen molar-refractivity contribution in [1.82, 2.24) is 0 Å². The third-order valence-electron chi connectivity index (χ3n) is 2.15. The normalized spacial score (nSPS) is 13.2. The first kappa shape index (κ1) is 11.7. The molecule has 0 aliphatic rings. The quantitative estimate of drug-likeness (QED) is 0.786. The molecule has 0 heterocycles. The summed E-state index contributed by atoms with van der Waals surface area (Å²) >= 11 is 3.43. The highest BCUT2D eigenvalue weighted by Gasteiger charge is 2.15. The van der Waals surface area contributed by atoms with E-state index in [9.17, 15) is 0 Å². The van der Waals surface area contributed by atoms with E-state index in [2.05, 4.69) is 54.0 Å². The van der Waals surface area contributed by atoms with Gasteiger partial charge < -0.3 is 4.74 Å². The maximum Gasteiger partial charge on any atom is 0.0847 e.